The number of H-pyrrole nitrogens is 1. The van der Waals surface area contributed by atoms with Crippen LogP contribution in [0.4, 0.5) is 0 Å². The maximum absolute atomic E-state index is 11.9. The second kappa shape index (κ2) is 7.40. The fourth-order valence-electron chi connectivity index (χ4n) is 3.58. The van der Waals surface area contributed by atoms with E-state index < -0.39 is 11.9 Å². The van der Waals surface area contributed by atoms with Crippen molar-refractivity contribution in [3.63, 3.8) is 0 Å². The summed E-state index contributed by atoms with van der Waals surface area (Å²) in [5.74, 6) is 0.245. The summed E-state index contributed by atoms with van der Waals surface area (Å²) in [6, 6.07) is 3.76. The number of hydrogen-bond acceptors (Lipinski definition) is 10. The summed E-state index contributed by atoms with van der Waals surface area (Å²) in [6.45, 7) is -0.00702. The molecule has 156 valence electrons. The highest BCUT2D eigenvalue weighted by molar-refractivity contribution is 5.74. The molecule has 2 aromatic rings. The molecule has 0 aliphatic carbocycles. The summed E-state index contributed by atoms with van der Waals surface area (Å²) < 4.78 is 32.4. The van der Waals surface area contributed by atoms with Crippen molar-refractivity contribution in [1.82, 2.24) is 10.2 Å². The second-order valence-electron chi connectivity index (χ2n) is 6.36. The molecule has 11 nitrogen and oxygen atoms in total. The number of rotatable bonds is 5. The van der Waals surface area contributed by atoms with Gasteiger partial charge in [0.15, 0.2) is 11.5 Å². The van der Waals surface area contributed by atoms with Gasteiger partial charge in [0.05, 0.1) is 44.9 Å². The predicted molar refractivity (Wildman–Crippen MR) is 99.3 cm³/mol. The van der Waals surface area contributed by atoms with Crippen molar-refractivity contribution in [2.75, 3.05) is 28.1 Å². The second-order valence-corrected chi connectivity index (χ2v) is 6.36. The molecular weight excluding hydrogens is 396 g/mol. The minimum Gasteiger partial charge on any atom is -0.493 e. The molecule has 30 heavy (non-hydrogen) atoms. The van der Waals surface area contributed by atoms with Gasteiger partial charge in [-0.15, -0.1) is 5.10 Å². The highest BCUT2D eigenvalue weighted by Gasteiger charge is 2.40. The number of nitrogens with one attached hydrogen (secondary N) is 1. The number of hydrogen-bond donors (Lipinski definition) is 2. The van der Waals surface area contributed by atoms with E-state index in [1.165, 1.54) is 21.3 Å². The number of nitrogens with two attached hydrogens (primary N) is 1. The van der Waals surface area contributed by atoms with Gasteiger partial charge in [-0.25, -0.2) is 0 Å². The molecule has 3 N–H and O–H groups in total. The predicted octanol–water partition coefficient (Wildman–Crippen LogP) is 1.09. The zero-order chi connectivity index (χ0) is 21.4. The van der Waals surface area contributed by atoms with E-state index in [0.29, 0.717) is 39.8 Å². The van der Waals surface area contributed by atoms with E-state index in [1.807, 2.05) is 0 Å². The number of carbonyl (C=O) groups excluding carboxylic acids is 1. The van der Waals surface area contributed by atoms with Crippen LogP contribution < -0.4 is 29.4 Å². The van der Waals surface area contributed by atoms with Crippen LogP contribution in [-0.4, -0.2) is 44.3 Å². The molecule has 2 aliphatic heterocycles. The molecule has 4 rings (SSSR count). The first-order valence-corrected chi connectivity index (χ1v) is 8.80. The Morgan fingerprint density at radius 1 is 1.33 bits per heavy atom. The SMILES string of the molecule is COC(=O)Cc1[nH]nc2c1[C@H](c1cc(OC)c3c(c1OC)OCO3)C(C#N)=C(N)O2. The monoisotopic (exact) mass is 414 g/mol. The van der Waals surface area contributed by atoms with Gasteiger partial charge in [-0.1, -0.05) is 0 Å². The third-order valence-electron chi connectivity index (χ3n) is 4.89. The third kappa shape index (κ3) is 2.81. The van der Waals surface area contributed by atoms with E-state index in [4.69, 9.17) is 34.2 Å². The van der Waals surface area contributed by atoms with Crippen molar-refractivity contribution in [1.29, 1.82) is 5.26 Å². The van der Waals surface area contributed by atoms with Gasteiger partial charge in [0, 0.05) is 5.56 Å². The van der Waals surface area contributed by atoms with Crippen LogP contribution in [0.1, 0.15) is 22.7 Å². The molecule has 11 heteroatoms. The van der Waals surface area contributed by atoms with E-state index >= 15 is 0 Å². The number of aromatic amines is 1. The number of allylic oxidation sites excluding steroid dienone is 1. The Labute approximate surface area is 170 Å². The molecule has 1 aromatic heterocycles. The maximum atomic E-state index is 11.9. The van der Waals surface area contributed by atoms with Gasteiger partial charge < -0.3 is 34.2 Å². The lowest BCUT2D eigenvalue weighted by molar-refractivity contribution is -0.139. The molecule has 0 amide bonds. The molecule has 0 saturated heterocycles. The Morgan fingerprint density at radius 3 is 2.77 bits per heavy atom. The molecule has 1 aromatic carbocycles. The fourth-order valence-corrected chi connectivity index (χ4v) is 3.58. The lowest BCUT2D eigenvalue weighted by Gasteiger charge is -2.26. The van der Waals surface area contributed by atoms with Crippen LogP contribution >= 0.6 is 0 Å². The molecule has 0 bridgehead atoms. The number of ether oxygens (including phenoxy) is 6. The number of fused-ring (bicyclic) bond motifs is 2. The smallest absolute Gasteiger partial charge is 0.311 e. The third-order valence-corrected chi connectivity index (χ3v) is 4.89. The maximum Gasteiger partial charge on any atom is 0.311 e. The Morgan fingerprint density at radius 2 is 2.10 bits per heavy atom. The van der Waals surface area contributed by atoms with Gasteiger partial charge in [-0.05, 0) is 6.07 Å². The van der Waals surface area contributed by atoms with Crippen molar-refractivity contribution < 1.29 is 33.2 Å². The van der Waals surface area contributed by atoms with Crippen molar-refractivity contribution in [2.24, 2.45) is 5.73 Å². The number of benzene rings is 1. The summed E-state index contributed by atoms with van der Waals surface area (Å²) in [7, 11) is 4.24. The Hall–Kier alpha value is -4.07. The lowest BCUT2D eigenvalue weighted by Crippen LogP contribution is -2.22. The van der Waals surface area contributed by atoms with E-state index in [-0.39, 0.29) is 30.5 Å². The van der Waals surface area contributed by atoms with E-state index in [2.05, 4.69) is 16.3 Å². The first kappa shape index (κ1) is 19.3. The Balaban J connectivity index is 1.98. The largest absolute Gasteiger partial charge is 0.493 e. The zero-order valence-electron chi connectivity index (χ0n) is 16.4. The Kier molecular flexibility index (Phi) is 4.75. The molecule has 0 radical (unpaired) electrons. The molecule has 0 saturated carbocycles. The van der Waals surface area contributed by atoms with Crippen LogP contribution in [0.15, 0.2) is 17.5 Å². The van der Waals surface area contributed by atoms with Crippen LogP contribution in [0.5, 0.6) is 28.9 Å². The van der Waals surface area contributed by atoms with Crippen LogP contribution in [0, 0.1) is 11.3 Å². The summed E-state index contributed by atoms with van der Waals surface area (Å²) in [4.78, 5) is 11.9. The topological polar surface area (TPSA) is 151 Å². The van der Waals surface area contributed by atoms with E-state index in [1.54, 1.807) is 6.07 Å². The van der Waals surface area contributed by atoms with E-state index in [0.717, 1.165) is 0 Å². The van der Waals surface area contributed by atoms with Crippen LogP contribution in [0.25, 0.3) is 0 Å². The molecular formula is C19H18N4O7. The summed E-state index contributed by atoms with van der Waals surface area (Å²) in [5.41, 5.74) is 7.51. The molecule has 3 heterocycles. The number of nitriles is 1. The van der Waals surface area contributed by atoms with Gasteiger partial charge in [0.25, 0.3) is 0 Å². The zero-order valence-corrected chi connectivity index (χ0v) is 16.4. The Bertz CT molecular complexity index is 1100. The molecule has 0 unspecified atom stereocenters. The normalized spacial score (nSPS) is 16.4. The molecule has 1 atom stereocenters. The summed E-state index contributed by atoms with van der Waals surface area (Å²) in [5, 5.41) is 16.7. The van der Waals surface area contributed by atoms with E-state index in [9.17, 15) is 10.1 Å². The minimum atomic E-state index is -0.768. The van der Waals surface area contributed by atoms with Gasteiger partial charge >= 0.3 is 5.97 Å². The van der Waals surface area contributed by atoms with Crippen molar-refractivity contribution >= 4 is 5.97 Å². The quantitative estimate of drug-likeness (QED) is 0.680. The summed E-state index contributed by atoms with van der Waals surface area (Å²) in [6.07, 6.45) is -0.110. The van der Waals surface area contributed by atoms with Crippen LogP contribution in [0.2, 0.25) is 0 Å². The minimum absolute atomic E-state index is 0.00702. The van der Waals surface area contributed by atoms with Gasteiger partial charge in [-0.2, -0.15) is 5.26 Å². The molecule has 2 aliphatic rings. The highest BCUT2D eigenvalue weighted by Crippen LogP contribution is 2.55. The first-order chi connectivity index (χ1) is 14.5. The number of nitrogens with zero attached hydrogens (tertiary/aromatic N) is 2. The van der Waals surface area contributed by atoms with Crippen molar-refractivity contribution in [3.05, 3.63) is 34.3 Å². The standard InChI is InChI=1S/C19H18N4O7/c1-25-11-4-8(15(27-3)17-16(11)28-7-29-17)13-9(6-20)18(21)30-19-14(13)10(22-23-19)5-12(24)26-2/h4,13H,5,7,21H2,1-3H3,(H,22,23)/t13-/m1/s1. The molecule has 0 spiro atoms. The molecule has 0 fully saturated rings. The first-order valence-electron chi connectivity index (χ1n) is 8.80. The number of carbonyl (C=O) groups is 1. The number of aromatic nitrogens is 2. The van der Waals surface area contributed by atoms with Crippen LogP contribution in [0.3, 0.4) is 0 Å². The summed E-state index contributed by atoms with van der Waals surface area (Å²) >= 11 is 0. The van der Waals surface area contributed by atoms with Crippen molar-refractivity contribution in [2.45, 2.75) is 12.3 Å². The number of esters is 1. The van der Waals surface area contributed by atoms with Gasteiger partial charge in [0.1, 0.15) is 11.6 Å². The van der Waals surface area contributed by atoms with Gasteiger partial charge in [0.2, 0.25) is 30.1 Å². The highest BCUT2D eigenvalue weighted by atomic mass is 16.7. The lowest BCUT2D eigenvalue weighted by atomic mass is 9.82. The fraction of sp³-hybridized carbons (Fsp3) is 0.316. The van der Waals surface area contributed by atoms with Gasteiger partial charge in [-0.3, -0.25) is 9.89 Å². The van der Waals surface area contributed by atoms with Crippen molar-refractivity contribution in [3.8, 4) is 34.9 Å². The van der Waals surface area contributed by atoms with Crippen LogP contribution in [-0.2, 0) is 16.0 Å². The number of methoxy groups -OCH3 is 3. The average molecular weight is 414 g/mol. The average Bonchev–Trinajstić information content (AvgIpc) is 3.39.